The largest absolute Gasteiger partial charge is 0.0845 e. The summed E-state index contributed by atoms with van der Waals surface area (Å²) < 4.78 is 0. The van der Waals surface area contributed by atoms with E-state index in [1.165, 1.54) is 31.8 Å². The Kier molecular flexibility index (Phi) is 19.2. The number of rotatable bonds is 13. The van der Waals surface area contributed by atoms with Crippen LogP contribution in [0.1, 0.15) is 32.6 Å². The van der Waals surface area contributed by atoms with Crippen LogP contribution < -0.4 is 0 Å². The van der Waals surface area contributed by atoms with Crippen molar-refractivity contribution in [2.45, 2.75) is 32.6 Å². The smallest absolute Gasteiger partial charge is 0.0348 e. The first kappa shape index (κ1) is 22.4. The highest BCUT2D eigenvalue weighted by Crippen LogP contribution is 1.99. The Hall–Kier alpha value is -2.60. The molecule has 0 heteroatoms. The summed E-state index contributed by atoms with van der Waals surface area (Å²) in [4.78, 5) is 0. The van der Waals surface area contributed by atoms with E-state index < -0.39 is 0 Å². The van der Waals surface area contributed by atoms with E-state index in [-0.39, 0.29) is 0 Å². The Balaban J connectivity index is 3.81. The van der Waals surface area contributed by atoms with Crippen molar-refractivity contribution in [1.82, 2.24) is 0 Å². The molecule has 0 N–H and O–H groups in total. The SMILES string of the molecule is [CH]=CC=CC=CC=CC=CC=CC=CC=CC=CC=CCCCCC. The van der Waals surface area contributed by atoms with E-state index in [9.17, 15) is 0 Å². The number of hydrogen-bond acceptors (Lipinski definition) is 0. The highest BCUT2D eigenvalue weighted by atomic mass is 13.9. The van der Waals surface area contributed by atoms with Crippen molar-refractivity contribution in [2.75, 3.05) is 0 Å². The van der Waals surface area contributed by atoms with Gasteiger partial charge in [0.05, 0.1) is 0 Å². The summed E-state index contributed by atoms with van der Waals surface area (Å²) >= 11 is 0. The molecule has 0 aliphatic heterocycles. The fourth-order valence-corrected chi connectivity index (χ4v) is 1.71. The Morgan fingerprint density at radius 1 is 0.480 bits per heavy atom. The Morgan fingerprint density at radius 3 is 1.20 bits per heavy atom. The summed E-state index contributed by atoms with van der Waals surface area (Å²) in [7, 11) is 0. The molecule has 0 atom stereocenters. The fourth-order valence-electron chi connectivity index (χ4n) is 1.71. The van der Waals surface area contributed by atoms with Gasteiger partial charge in [-0.3, -0.25) is 0 Å². The molecule has 0 bridgehead atoms. The van der Waals surface area contributed by atoms with Crippen molar-refractivity contribution in [3.63, 3.8) is 0 Å². The van der Waals surface area contributed by atoms with Gasteiger partial charge in [-0.05, 0) is 12.8 Å². The molecular formula is C25H31. The third-order valence-corrected chi connectivity index (χ3v) is 3.00. The van der Waals surface area contributed by atoms with Crippen LogP contribution in [0, 0.1) is 6.58 Å². The van der Waals surface area contributed by atoms with Gasteiger partial charge in [-0.25, -0.2) is 0 Å². The molecule has 0 nitrogen and oxygen atoms in total. The summed E-state index contributed by atoms with van der Waals surface area (Å²) in [5, 5.41) is 0. The van der Waals surface area contributed by atoms with Crippen LogP contribution >= 0.6 is 0 Å². The molecule has 0 saturated heterocycles. The molecule has 0 fully saturated rings. The molecular weight excluding hydrogens is 300 g/mol. The van der Waals surface area contributed by atoms with Crippen LogP contribution in [-0.2, 0) is 0 Å². The first-order valence-corrected chi connectivity index (χ1v) is 8.95. The second-order valence-corrected chi connectivity index (χ2v) is 5.20. The van der Waals surface area contributed by atoms with E-state index in [1.807, 2.05) is 85.1 Å². The molecule has 25 heavy (non-hydrogen) atoms. The first-order chi connectivity index (χ1) is 12.4. The zero-order valence-electron chi connectivity index (χ0n) is 15.4. The van der Waals surface area contributed by atoms with Crippen LogP contribution in [0.5, 0.6) is 0 Å². The van der Waals surface area contributed by atoms with E-state index in [4.69, 9.17) is 6.58 Å². The Morgan fingerprint density at radius 2 is 0.840 bits per heavy atom. The average Bonchev–Trinajstić information content (AvgIpc) is 2.63. The van der Waals surface area contributed by atoms with Crippen molar-refractivity contribution in [2.24, 2.45) is 0 Å². The normalized spacial score (nSPS) is 14.0. The maximum atomic E-state index is 5.22. The van der Waals surface area contributed by atoms with E-state index in [1.54, 1.807) is 6.08 Å². The molecule has 0 aliphatic carbocycles. The maximum absolute atomic E-state index is 5.22. The second-order valence-electron chi connectivity index (χ2n) is 5.20. The van der Waals surface area contributed by atoms with Crippen LogP contribution in [0.4, 0.5) is 0 Å². The number of hydrogen-bond donors (Lipinski definition) is 0. The Labute approximate surface area is 155 Å². The molecule has 0 unspecified atom stereocenters. The minimum Gasteiger partial charge on any atom is -0.0845 e. The van der Waals surface area contributed by atoms with Crippen LogP contribution in [-0.4, -0.2) is 0 Å². The van der Waals surface area contributed by atoms with Gasteiger partial charge in [-0.2, -0.15) is 0 Å². The molecule has 0 spiro atoms. The van der Waals surface area contributed by atoms with Crippen LogP contribution in [0.25, 0.3) is 0 Å². The van der Waals surface area contributed by atoms with Crippen molar-refractivity contribution >= 4 is 0 Å². The van der Waals surface area contributed by atoms with Crippen LogP contribution in [0.2, 0.25) is 0 Å². The molecule has 0 aromatic carbocycles. The van der Waals surface area contributed by atoms with Gasteiger partial charge in [0, 0.05) is 0 Å². The molecule has 0 saturated carbocycles. The second kappa shape index (κ2) is 21.4. The van der Waals surface area contributed by atoms with Gasteiger partial charge < -0.3 is 0 Å². The van der Waals surface area contributed by atoms with Gasteiger partial charge in [-0.1, -0.05) is 142 Å². The third-order valence-electron chi connectivity index (χ3n) is 3.00. The van der Waals surface area contributed by atoms with Gasteiger partial charge in [0.25, 0.3) is 0 Å². The number of unbranched alkanes of at least 4 members (excludes halogenated alkanes) is 3. The highest BCUT2D eigenvalue weighted by molar-refractivity contribution is 5.22. The van der Waals surface area contributed by atoms with Gasteiger partial charge in [-0.15, -0.1) is 0 Å². The lowest BCUT2D eigenvalue weighted by Gasteiger charge is -1.89. The van der Waals surface area contributed by atoms with Crippen LogP contribution in [0.3, 0.4) is 0 Å². The average molecular weight is 332 g/mol. The van der Waals surface area contributed by atoms with E-state index in [0.717, 1.165) is 0 Å². The Bertz CT molecular complexity index is 555. The molecule has 131 valence electrons. The number of allylic oxidation sites excluding steroid dienone is 19. The van der Waals surface area contributed by atoms with Gasteiger partial charge in [0.2, 0.25) is 0 Å². The quantitative estimate of drug-likeness (QED) is 0.241. The predicted molar refractivity (Wildman–Crippen MR) is 115 cm³/mol. The molecule has 0 heterocycles. The highest BCUT2D eigenvalue weighted by Gasteiger charge is 1.79. The summed E-state index contributed by atoms with van der Waals surface area (Å²) in [6.45, 7) is 7.44. The molecule has 0 rings (SSSR count). The van der Waals surface area contributed by atoms with Gasteiger partial charge in [0.15, 0.2) is 0 Å². The minimum absolute atomic E-state index is 1.18. The van der Waals surface area contributed by atoms with Crippen molar-refractivity contribution in [3.8, 4) is 0 Å². The van der Waals surface area contributed by atoms with E-state index in [0.29, 0.717) is 0 Å². The maximum Gasteiger partial charge on any atom is -0.0348 e. The minimum atomic E-state index is 1.18. The molecule has 0 aliphatic rings. The summed E-state index contributed by atoms with van der Waals surface area (Å²) in [5.41, 5.74) is 0. The van der Waals surface area contributed by atoms with E-state index in [2.05, 4.69) is 25.2 Å². The lowest BCUT2D eigenvalue weighted by Crippen LogP contribution is -1.69. The summed E-state index contributed by atoms with van der Waals surface area (Å²) in [6.07, 6.45) is 42.6. The lowest BCUT2D eigenvalue weighted by atomic mass is 10.2. The molecule has 0 aromatic rings. The summed E-state index contributed by atoms with van der Waals surface area (Å²) in [6, 6.07) is 0. The summed E-state index contributed by atoms with van der Waals surface area (Å²) in [5.74, 6) is 0. The van der Waals surface area contributed by atoms with Crippen molar-refractivity contribution in [3.05, 3.63) is 122 Å². The lowest BCUT2D eigenvalue weighted by molar-refractivity contribution is 0.729. The third kappa shape index (κ3) is 21.4. The molecule has 0 amide bonds. The van der Waals surface area contributed by atoms with Crippen molar-refractivity contribution in [1.29, 1.82) is 0 Å². The zero-order chi connectivity index (χ0) is 18.3. The molecule has 1 radical (unpaired) electrons. The fraction of sp³-hybridized carbons (Fsp3) is 0.200. The monoisotopic (exact) mass is 331 g/mol. The van der Waals surface area contributed by atoms with Gasteiger partial charge >= 0.3 is 0 Å². The standard InChI is InChI=1S/C25H31/c1-3-5-7-9-11-13-15-17-19-21-23-25-24-22-20-18-16-14-12-10-8-6-4-2/h1,3,5,7,9,11-25H,4,6,8,10H2,2H3. The van der Waals surface area contributed by atoms with Gasteiger partial charge in [0.1, 0.15) is 0 Å². The molecule has 0 aromatic heterocycles. The topological polar surface area (TPSA) is 0 Å². The van der Waals surface area contributed by atoms with Crippen molar-refractivity contribution < 1.29 is 0 Å². The first-order valence-electron chi connectivity index (χ1n) is 8.95. The zero-order valence-corrected chi connectivity index (χ0v) is 15.4. The van der Waals surface area contributed by atoms with Crippen LogP contribution in [0.15, 0.2) is 115 Å². The predicted octanol–water partition coefficient (Wildman–Crippen LogP) is 7.56. The van der Waals surface area contributed by atoms with E-state index >= 15 is 0 Å².